The zero-order chi connectivity index (χ0) is 14.6. The molecule has 108 valence electrons. The van der Waals surface area contributed by atoms with E-state index in [1.807, 2.05) is 13.8 Å². The fraction of sp³-hybridized carbons (Fsp3) is 0.538. The molecule has 0 saturated carbocycles. The molecule has 0 aliphatic carbocycles. The van der Waals surface area contributed by atoms with Crippen LogP contribution < -0.4 is 9.46 Å². The van der Waals surface area contributed by atoms with Crippen LogP contribution in [0.4, 0.5) is 0 Å². The minimum Gasteiger partial charge on any atom is -0.491 e. The number of rotatable bonds is 6. The second-order valence-corrected chi connectivity index (χ2v) is 6.51. The molecule has 1 aromatic carbocycles. The monoisotopic (exact) mass is 287 g/mol. The van der Waals surface area contributed by atoms with Crippen LogP contribution in [0.2, 0.25) is 0 Å². The summed E-state index contributed by atoms with van der Waals surface area (Å²) in [6, 6.07) is 4.19. The summed E-state index contributed by atoms with van der Waals surface area (Å²) in [7, 11) is -3.60. The Balaban J connectivity index is 3.00. The Kier molecular flexibility index (Phi) is 5.34. The molecule has 0 spiro atoms. The van der Waals surface area contributed by atoms with Crippen LogP contribution in [0.25, 0.3) is 0 Å². The van der Waals surface area contributed by atoms with Gasteiger partial charge in [-0.15, -0.1) is 0 Å². The van der Waals surface area contributed by atoms with Crippen LogP contribution in [-0.4, -0.2) is 32.3 Å². The highest BCUT2D eigenvalue weighted by Crippen LogP contribution is 2.22. The van der Waals surface area contributed by atoms with Crippen LogP contribution in [0.5, 0.6) is 5.75 Å². The van der Waals surface area contributed by atoms with E-state index >= 15 is 0 Å². The van der Waals surface area contributed by atoms with Crippen molar-refractivity contribution in [3.05, 3.63) is 23.8 Å². The summed E-state index contributed by atoms with van der Waals surface area (Å²) in [6.07, 6.45) is 0.0358. The van der Waals surface area contributed by atoms with Gasteiger partial charge >= 0.3 is 0 Å². The lowest BCUT2D eigenvalue weighted by molar-refractivity contribution is 0.240. The van der Waals surface area contributed by atoms with E-state index in [2.05, 4.69) is 4.72 Å². The Morgan fingerprint density at radius 3 is 2.42 bits per heavy atom. The molecule has 0 aliphatic rings. The summed E-state index contributed by atoms with van der Waals surface area (Å²) in [5, 5.41) is 8.90. The molecular weight excluding hydrogens is 266 g/mol. The molecule has 0 saturated heterocycles. The maximum absolute atomic E-state index is 12.0. The average molecular weight is 287 g/mol. The fourth-order valence-corrected chi connectivity index (χ4v) is 2.86. The standard InChI is InChI=1S/C13H21NO4S/c1-9(2)18-13-6-5-12(7-10(13)3)19(16,17)14-11(4)8-15/h5-7,9,11,14-15H,8H2,1-4H3. The zero-order valence-corrected chi connectivity index (χ0v) is 12.5. The summed E-state index contributed by atoms with van der Waals surface area (Å²) in [5.41, 5.74) is 0.758. The predicted octanol–water partition coefficient (Wildman–Crippen LogP) is 1.44. The summed E-state index contributed by atoms with van der Waals surface area (Å²) < 4.78 is 32.0. The average Bonchev–Trinajstić information content (AvgIpc) is 2.30. The van der Waals surface area contributed by atoms with Gasteiger partial charge in [0, 0.05) is 6.04 Å². The summed E-state index contributed by atoms with van der Waals surface area (Å²) >= 11 is 0. The van der Waals surface area contributed by atoms with Crippen molar-refractivity contribution >= 4 is 10.0 Å². The third-order valence-electron chi connectivity index (χ3n) is 2.45. The van der Waals surface area contributed by atoms with E-state index in [0.717, 1.165) is 5.56 Å². The Morgan fingerprint density at radius 2 is 1.95 bits per heavy atom. The lowest BCUT2D eigenvalue weighted by Gasteiger charge is -2.15. The third kappa shape index (κ3) is 4.49. The van der Waals surface area contributed by atoms with Crippen LogP contribution in [0, 0.1) is 6.92 Å². The summed E-state index contributed by atoms with van der Waals surface area (Å²) in [5.74, 6) is 0.671. The van der Waals surface area contributed by atoms with E-state index in [0.29, 0.717) is 5.75 Å². The van der Waals surface area contributed by atoms with Gasteiger partial charge in [0.1, 0.15) is 5.75 Å². The van der Waals surface area contributed by atoms with Gasteiger partial charge in [-0.25, -0.2) is 13.1 Å². The Bertz CT molecular complexity index is 525. The van der Waals surface area contributed by atoms with Crippen LogP contribution in [0.3, 0.4) is 0 Å². The minimum atomic E-state index is -3.60. The van der Waals surface area contributed by atoms with Crippen LogP contribution in [0.15, 0.2) is 23.1 Å². The number of hydrogen-bond acceptors (Lipinski definition) is 4. The van der Waals surface area contributed by atoms with E-state index < -0.39 is 16.1 Å². The molecule has 5 nitrogen and oxygen atoms in total. The van der Waals surface area contributed by atoms with Crippen molar-refractivity contribution in [1.82, 2.24) is 4.72 Å². The molecule has 0 aromatic heterocycles. The zero-order valence-electron chi connectivity index (χ0n) is 11.7. The predicted molar refractivity (Wildman–Crippen MR) is 73.8 cm³/mol. The smallest absolute Gasteiger partial charge is 0.240 e. The second-order valence-electron chi connectivity index (χ2n) is 4.80. The molecule has 1 unspecified atom stereocenters. The molecule has 1 atom stereocenters. The number of benzene rings is 1. The van der Waals surface area contributed by atoms with Crippen molar-refractivity contribution in [3.63, 3.8) is 0 Å². The van der Waals surface area contributed by atoms with Gasteiger partial charge in [-0.05, 0) is 51.5 Å². The van der Waals surface area contributed by atoms with Gasteiger partial charge in [0.25, 0.3) is 0 Å². The first-order valence-electron chi connectivity index (χ1n) is 6.16. The van der Waals surface area contributed by atoms with Gasteiger partial charge in [-0.1, -0.05) is 0 Å². The van der Waals surface area contributed by atoms with Crippen LogP contribution >= 0.6 is 0 Å². The number of ether oxygens (including phenoxy) is 1. The van der Waals surface area contributed by atoms with Gasteiger partial charge in [0.05, 0.1) is 17.6 Å². The van der Waals surface area contributed by atoms with Crippen molar-refractivity contribution < 1.29 is 18.3 Å². The molecule has 0 aliphatic heterocycles. The number of aliphatic hydroxyl groups excluding tert-OH is 1. The van der Waals surface area contributed by atoms with Gasteiger partial charge in [-0.2, -0.15) is 0 Å². The number of nitrogens with one attached hydrogen (secondary N) is 1. The van der Waals surface area contributed by atoms with E-state index in [4.69, 9.17) is 9.84 Å². The molecule has 0 heterocycles. The SMILES string of the molecule is Cc1cc(S(=O)(=O)NC(C)CO)ccc1OC(C)C. The highest BCUT2D eigenvalue weighted by Gasteiger charge is 2.18. The second kappa shape index (κ2) is 6.36. The molecule has 0 radical (unpaired) electrons. The van der Waals surface area contributed by atoms with Crippen LogP contribution in [-0.2, 0) is 10.0 Å². The molecule has 2 N–H and O–H groups in total. The maximum atomic E-state index is 12.0. The molecule has 0 amide bonds. The minimum absolute atomic E-state index is 0.0358. The van der Waals surface area contributed by atoms with E-state index in [1.165, 1.54) is 6.07 Å². The molecule has 6 heteroatoms. The number of sulfonamides is 1. The largest absolute Gasteiger partial charge is 0.491 e. The molecule has 1 aromatic rings. The van der Waals surface area contributed by atoms with E-state index in [-0.39, 0.29) is 17.6 Å². The van der Waals surface area contributed by atoms with Crippen LogP contribution in [0.1, 0.15) is 26.3 Å². The Hall–Kier alpha value is -1.11. The number of aryl methyl sites for hydroxylation is 1. The fourth-order valence-electron chi connectivity index (χ4n) is 1.55. The lowest BCUT2D eigenvalue weighted by Crippen LogP contribution is -2.35. The van der Waals surface area contributed by atoms with Gasteiger partial charge in [0.2, 0.25) is 10.0 Å². The first-order chi connectivity index (χ1) is 8.76. The highest BCUT2D eigenvalue weighted by atomic mass is 32.2. The van der Waals surface area contributed by atoms with Gasteiger partial charge in [-0.3, -0.25) is 0 Å². The summed E-state index contributed by atoms with van der Waals surface area (Å²) in [4.78, 5) is 0.168. The van der Waals surface area contributed by atoms with Crippen molar-refractivity contribution in [1.29, 1.82) is 0 Å². The van der Waals surface area contributed by atoms with Crippen molar-refractivity contribution in [2.75, 3.05) is 6.61 Å². The van der Waals surface area contributed by atoms with Gasteiger partial charge in [0.15, 0.2) is 0 Å². The third-order valence-corrected chi connectivity index (χ3v) is 4.04. The molecule has 1 rings (SSSR count). The first kappa shape index (κ1) is 15.9. The number of aliphatic hydroxyl groups is 1. The number of hydrogen-bond donors (Lipinski definition) is 2. The first-order valence-corrected chi connectivity index (χ1v) is 7.65. The van der Waals surface area contributed by atoms with Crippen molar-refractivity contribution in [2.45, 2.75) is 44.7 Å². The van der Waals surface area contributed by atoms with E-state index in [9.17, 15) is 8.42 Å². The van der Waals surface area contributed by atoms with Gasteiger partial charge < -0.3 is 9.84 Å². The highest BCUT2D eigenvalue weighted by molar-refractivity contribution is 7.89. The topological polar surface area (TPSA) is 75.6 Å². The van der Waals surface area contributed by atoms with E-state index in [1.54, 1.807) is 26.0 Å². The molecule has 19 heavy (non-hydrogen) atoms. The Labute approximate surface area is 114 Å². The molecule has 0 fully saturated rings. The molecular formula is C13H21NO4S. The normalized spacial score (nSPS) is 13.6. The summed E-state index contributed by atoms with van der Waals surface area (Å²) in [6.45, 7) is 6.97. The van der Waals surface area contributed by atoms with Crippen molar-refractivity contribution in [3.8, 4) is 5.75 Å². The lowest BCUT2D eigenvalue weighted by atomic mass is 10.2. The Morgan fingerprint density at radius 1 is 1.32 bits per heavy atom. The maximum Gasteiger partial charge on any atom is 0.240 e. The molecule has 0 bridgehead atoms. The quantitative estimate of drug-likeness (QED) is 0.830. The van der Waals surface area contributed by atoms with Crippen molar-refractivity contribution in [2.24, 2.45) is 0 Å².